The number of ether oxygens (including phenoxy) is 4. The van der Waals surface area contributed by atoms with Gasteiger partial charge >= 0.3 is 11.9 Å². The zero-order chi connectivity index (χ0) is 14.6. The second kappa shape index (κ2) is 6.54. The largest absolute Gasteiger partial charge is 0.466 e. The SMILES string of the molecule is CCOC(=O)C[C@@H]1CCC2(OCCO2)[C@@H]1C(=O)OCC. The first kappa shape index (κ1) is 15.3. The molecule has 0 aromatic heterocycles. The van der Waals surface area contributed by atoms with Gasteiger partial charge in [-0.15, -0.1) is 0 Å². The molecule has 1 spiro atoms. The van der Waals surface area contributed by atoms with Crippen LogP contribution in [-0.4, -0.2) is 44.2 Å². The molecule has 1 saturated heterocycles. The van der Waals surface area contributed by atoms with Gasteiger partial charge in [0.1, 0.15) is 5.92 Å². The highest BCUT2D eigenvalue weighted by Crippen LogP contribution is 2.47. The molecule has 6 heteroatoms. The van der Waals surface area contributed by atoms with Gasteiger partial charge in [-0.1, -0.05) is 0 Å². The van der Waals surface area contributed by atoms with Crippen molar-refractivity contribution in [3.63, 3.8) is 0 Å². The minimum Gasteiger partial charge on any atom is -0.466 e. The standard InChI is InChI=1S/C14H22O6/c1-3-17-11(15)9-10-5-6-14(19-7-8-20-14)12(10)13(16)18-4-2/h10,12H,3-9H2,1-2H3/t10-,12-/m0/s1. The van der Waals surface area contributed by atoms with E-state index in [-0.39, 0.29) is 24.3 Å². The number of rotatable bonds is 5. The molecular formula is C14H22O6. The van der Waals surface area contributed by atoms with Gasteiger partial charge in [0.15, 0.2) is 5.79 Å². The van der Waals surface area contributed by atoms with Crippen LogP contribution in [-0.2, 0) is 28.5 Å². The Morgan fingerprint density at radius 1 is 1.15 bits per heavy atom. The molecule has 1 aliphatic carbocycles. The Labute approximate surface area is 118 Å². The highest BCUT2D eigenvalue weighted by atomic mass is 16.7. The van der Waals surface area contributed by atoms with Gasteiger partial charge in [-0.05, 0) is 26.2 Å². The predicted molar refractivity (Wildman–Crippen MR) is 68.7 cm³/mol. The Kier molecular flexibility index (Phi) is 4.99. The first-order valence-electron chi connectivity index (χ1n) is 7.23. The van der Waals surface area contributed by atoms with Crippen LogP contribution in [0.3, 0.4) is 0 Å². The van der Waals surface area contributed by atoms with Gasteiger partial charge in [0.2, 0.25) is 0 Å². The third kappa shape index (κ3) is 2.96. The maximum atomic E-state index is 12.2. The predicted octanol–water partition coefficient (Wildman–Crippen LogP) is 1.27. The highest BCUT2D eigenvalue weighted by Gasteiger charge is 2.57. The number of hydrogen-bond donors (Lipinski definition) is 0. The average Bonchev–Trinajstić information content (AvgIpc) is 2.99. The van der Waals surface area contributed by atoms with Crippen LogP contribution >= 0.6 is 0 Å². The number of carbonyl (C=O) groups is 2. The van der Waals surface area contributed by atoms with Crippen molar-refractivity contribution in [1.82, 2.24) is 0 Å². The lowest BCUT2D eigenvalue weighted by Gasteiger charge is -2.30. The van der Waals surface area contributed by atoms with E-state index in [1.54, 1.807) is 13.8 Å². The Balaban J connectivity index is 2.10. The first-order valence-corrected chi connectivity index (χ1v) is 7.23. The molecule has 0 radical (unpaired) electrons. The van der Waals surface area contributed by atoms with Gasteiger partial charge in [-0.25, -0.2) is 0 Å². The van der Waals surface area contributed by atoms with Gasteiger partial charge < -0.3 is 18.9 Å². The summed E-state index contributed by atoms with van der Waals surface area (Å²) in [5.74, 6) is -2.23. The molecule has 2 fully saturated rings. The molecule has 0 bridgehead atoms. The fourth-order valence-electron chi connectivity index (χ4n) is 3.12. The molecule has 2 aliphatic rings. The van der Waals surface area contributed by atoms with Crippen molar-refractivity contribution in [2.24, 2.45) is 11.8 Å². The van der Waals surface area contributed by atoms with Crippen molar-refractivity contribution < 1.29 is 28.5 Å². The van der Waals surface area contributed by atoms with Crippen LogP contribution in [0, 0.1) is 11.8 Å². The monoisotopic (exact) mass is 286 g/mol. The normalized spacial score (nSPS) is 27.7. The summed E-state index contributed by atoms with van der Waals surface area (Å²) in [5.41, 5.74) is 0. The molecule has 0 unspecified atom stereocenters. The van der Waals surface area contributed by atoms with E-state index in [2.05, 4.69) is 0 Å². The molecule has 0 amide bonds. The summed E-state index contributed by atoms with van der Waals surface area (Å²) in [4.78, 5) is 23.9. The van der Waals surface area contributed by atoms with Crippen molar-refractivity contribution in [3.8, 4) is 0 Å². The Hall–Kier alpha value is -1.14. The van der Waals surface area contributed by atoms with Crippen LogP contribution in [0.5, 0.6) is 0 Å². The third-order valence-corrected chi connectivity index (χ3v) is 3.86. The summed E-state index contributed by atoms with van der Waals surface area (Å²) >= 11 is 0. The second-order valence-corrected chi connectivity index (χ2v) is 5.05. The van der Waals surface area contributed by atoms with Crippen LogP contribution in [0.2, 0.25) is 0 Å². The molecule has 1 heterocycles. The third-order valence-electron chi connectivity index (χ3n) is 3.86. The topological polar surface area (TPSA) is 71.1 Å². The van der Waals surface area contributed by atoms with E-state index >= 15 is 0 Å². The lowest BCUT2D eigenvalue weighted by Crippen LogP contribution is -2.43. The summed E-state index contributed by atoms with van der Waals surface area (Å²) in [6.07, 6.45) is 1.51. The first-order chi connectivity index (χ1) is 9.63. The number of esters is 2. The van der Waals surface area contributed by atoms with Crippen molar-refractivity contribution in [2.75, 3.05) is 26.4 Å². The molecule has 0 N–H and O–H groups in total. The Morgan fingerprint density at radius 2 is 1.80 bits per heavy atom. The van der Waals surface area contributed by atoms with E-state index in [1.165, 1.54) is 0 Å². The Bertz CT molecular complexity index is 361. The Morgan fingerprint density at radius 3 is 2.40 bits per heavy atom. The van der Waals surface area contributed by atoms with E-state index < -0.39 is 11.7 Å². The van der Waals surface area contributed by atoms with Crippen molar-refractivity contribution >= 4 is 11.9 Å². The fraction of sp³-hybridized carbons (Fsp3) is 0.857. The van der Waals surface area contributed by atoms with Crippen LogP contribution < -0.4 is 0 Å². The molecule has 1 saturated carbocycles. The lowest BCUT2D eigenvalue weighted by atomic mass is 9.90. The maximum Gasteiger partial charge on any atom is 0.314 e. The highest BCUT2D eigenvalue weighted by molar-refractivity contribution is 5.77. The molecule has 0 aromatic rings. The van der Waals surface area contributed by atoms with Crippen molar-refractivity contribution in [1.29, 1.82) is 0 Å². The van der Waals surface area contributed by atoms with Crippen LogP contribution in [0.25, 0.3) is 0 Å². The van der Waals surface area contributed by atoms with E-state index in [0.29, 0.717) is 39.3 Å². The van der Waals surface area contributed by atoms with Crippen LogP contribution in [0.15, 0.2) is 0 Å². The van der Waals surface area contributed by atoms with E-state index in [1.807, 2.05) is 0 Å². The van der Waals surface area contributed by atoms with E-state index in [4.69, 9.17) is 18.9 Å². The van der Waals surface area contributed by atoms with Gasteiger partial charge in [-0.2, -0.15) is 0 Å². The average molecular weight is 286 g/mol. The zero-order valence-corrected chi connectivity index (χ0v) is 12.1. The van der Waals surface area contributed by atoms with E-state index in [0.717, 1.165) is 0 Å². The van der Waals surface area contributed by atoms with Gasteiger partial charge in [0.25, 0.3) is 0 Å². The molecule has 114 valence electrons. The molecule has 2 rings (SSSR count). The zero-order valence-electron chi connectivity index (χ0n) is 12.1. The molecule has 0 aromatic carbocycles. The van der Waals surface area contributed by atoms with Gasteiger partial charge in [0.05, 0.1) is 26.4 Å². The lowest BCUT2D eigenvalue weighted by molar-refractivity contribution is -0.203. The quantitative estimate of drug-likeness (QED) is 0.709. The van der Waals surface area contributed by atoms with Gasteiger partial charge in [0, 0.05) is 12.8 Å². The minimum atomic E-state index is -0.899. The summed E-state index contributed by atoms with van der Waals surface area (Å²) in [5, 5.41) is 0. The second-order valence-electron chi connectivity index (χ2n) is 5.05. The number of hydrogen-bond acceptors (Lipinski definition) is 6. The van der Waals surface area contributed by atoms with Crippen molar-refractivity contribution in [3.05, 3.63) is 0 Å². The minimum absolute atomic E-state index is 0.147. The molecule has 20 heavy (non-hydrogen) atoms. The summed E-state index contributed by atoms with van der Waals surface area (Å²) in [6, 6.07) is 0. The molecular weight excluding hydrogens is 264 g/mol. The van der Waals surface area contributed by atoms with Crippen LogP contribution in [0.4, 0.5) is 0 Å². The van der Waals surface area contributed by atoms with Crippen LogP contribution in [0.1, 0.15) is 33.1 Å². The maximum absolute atomic E-state index is 12.2. The molecule has 2 atom stereocenters. The van der Waals surface area contributed by atoms with E-state index in [9.17, 15) is 9.59 Å². The summed E-state index contributed by atoms with van der Waals surface area (Å²) in [6.45, 7) is 5.12. The smallest absolute Gasteiger partial charge is 0.314 e. The summed E-state index contributed by atoms with van der Waals surface area (Å²) < 4.78 is 21.5. The fourth-order valence-corrected chi connectivity index (χ4v) is 3.12. The van der Waals surface area contributed by atoms with Gasteiger partial charge in [-0.3, -0.25) is 9.59 Å². The number of carbonyl (C=O) groups excluding carboxylic acids is 2. The molecule has 6 nitrogen and oxygen atoms in total. The summed E-state index contributed by atoms with van der Waals surface area (Å²) in [7, 11) is 0. The molecule has 1 aliphatic heterocycles. The van der Waals surface area contributed by atoms with Crippen molar-refractivity contribution in [2.45, 2.75) is 38.9 Å².